The van der Waals surface area contributed by atoms with Crippen LogP contribution in [0.15, 0.2) is 29.8 Å². The van der Waals surface area contributed by atoms with Gasteiger partial charge in [0, 0.05) is 61.9 Å². The third kappa shape index (κ3) is 3.84. The third-order valence-electron chi connectivity index (χ3n) is 6.02. The summed E-state index contributed by atoms with van der Waals surface area (Å²) in [6, 6.07) is 6.42. The van der Waals surface area contributed by atoms with Crippen LogP contribution in [0, 0.1) is 5.92 Å². The number of nitrogens with zero attached hydrogens (tertiary/aromatic N) is 6. The molecule has 158 valence electrons. The first-order valence-electron chi connectivity index (χ1n) is 10.5. The van der Waals surface area contributed by atoms with Crippen LogP contribution < -0.4 is 9.80 Å². The number of hydrogen-bond donors (Lipinski definition) is 0. The Kier molecular flexibility index (Phi) is 5.74. The number of hydrogen-bond acceptors (Lipinski definition) is 9. The average molecular weight is 427 g/mol. The summed E-state index contributed by atoms with van der Waals surface area (Å²) in [5, 5.41) is 16.9. The van der Waals surface area contributed by atoms with Crippen molar-refractivity contribution in [3.8, 4) is 0 Å². The zero-order valence-electron chi connectivity index (χ0n) is 17.1. The molecule has 0 N–H and O–H groups in total. The molecule has 0 bridgehead atoms. The first-order valence-corrected chi connectivity index (χ1v) is 11.3. The second-order valence-electron chi connectivity index (χ2n) is 7.79. The number of ether oxygens (including phenoxy) is 2. The standard InChI is InChI=1S/C21H26N6O2S/c1-28-19(21-22-6-12-30-21)15-3-2-7-27(14-15)20-17-5-4-16(13-18(17)23-25-24-20)26-8-10-29-11-9-26/h4-6,12-13,15,19H,2-3,7-11,14H2,1H3/t15-,19+/m0/s1. The van der Waals surface area contributed by atoms with Gasteiger partial charge in [-0.05, 0) is 36.3 Å². The van der Waals surface area contributed by atoms with E-state index >= 15 is 0 Å². The lowest BCUT2D eigenvalue weighted by Gasteiger charge is -2.36. The highest BCUT2D eigenvalue weighted by Crippen LogP contribution is 2.36. The van der Waals surface area contributed by atoms with Gasteiger partial charge in [-0.2, -0.15) is 0 Å². The number of morpholine rings is 1. The van der Waals surface area contributed by atoms with Gasteiger partial charge in [0.15, 0.2) is 5.82 Å². The Labute approximate surface area is 179 Å². The summed E-state index contributed by atoms with van der Waals surface area (Å²) in [7, 11) is 1.78. The van der Waals surface area contributed by atoms with E-state index in [9.17, 15) is 0 Å². The second kappa shape index (κ2) is 8.79. The summed E-state index contributed by atoms with van der Waals surface area (Å²) in [5.41, 5.74) is 2.05. The first-order chi connectivity index (χ1) is 14.8. The van der Waals surface area contributed by atoms with Gasteiger partial charge in [-0.15, -0.1) is 21.5 Å². The smallest absolute Gasteiger partial charge is 0.162 e. The van der Waals surface area contributed by atoms with E-state index in [1.807, 2.05) is 11.6 Å². The highest BCUT2D eigenvalue weighted by Gasteiger charge is 2.31. The average Bonchev–Trinajstić information content (AvgIpc) is 3.34. The largest absolute Gasteiger partial charge is 0.378 e. The van der Waals surface area contributed by atoms with Gasteiger partial charge < -0.3 is 19.3 Å². The van der Waals surface area contributed by atoms with Crippen molar-refractivity contribution < 1.29 is 9.47 Å². The quantitative estimate of drug-likeness (QED) is 0.616. The van der Waals surface area contributed by atoms with E-state index in [4.69, 9.17) is 9.47 Å². The van der Waals surface area contributed by atoms with Crippen molar-refractivity contribution in [1.82, 2.24) is 20.4 Å². The molecule has 0 aliphatic carbocycles. The van der Waals surface area contributed by atoms with Crippen molar-refractivity contribution >= 4 is 33.7 Å². The predicted molar refractivity (Wildman–Crippen MR) is 117 cm³/mol. The molecular weight excluding hydrogens is 400 g/mol. The van der Waals surface area contributed by atoms with Gasteiger partial charge in [0.1, 0.15) is 16.6 Å². The maximum atomic E-state index is 5.85. The minimum absolute atomic E-state index is 0.0155. The zero-order valence-corrected chi connectivity index (χ0v) is 17.9. The third-order valence-corrected chi connectivity index (χ3v) is 6.86. The lowest BCUT2D eigenvalue weighted by atomic mass is 9.92. The molecule has 0 saturated carbocycles. The Morgan fingerprint density at radius 3 is 2.87 bits per heavy atom. The molecule has 0 spiro atoms. The van der Waals surface area contributed by atoms with Gasteiger partial charge in [-0.25, -0.2) is 4.98 Å². The second-order valence-corrected chi connectivity index (χ2v) is 8.72. The summed E-state index contributed by atoms with van der Waals surface area (Å²) in [4.78, 5) is 9.15. The Morgan fingerprint density at radius 2 is 2.07 bits per heavy atom. The van der Waals surface area contributed by atoms with Crippen LogP contribution in [0.4, 0.5) is 11.5 Å². The van der Waals surface area contributed by atoms with E-state index in [1.54, 1.807) is 18.4 Å². The van der Waals surface area contributed by atoms with Gasteiger partial charge in [0.25, 0.3) is 0 Å². The number of fused-ring (bicyclic) bond motifs is 1. The molecule has 2 fully saturated rings. The number of thiazole rings is 1. The van der Waals surface area contributed by atoms with E-state index in [0.29, 0.717) is 5.92 Å². The molecule has 30 heavy (non-hydrogen) atoms. The minimum Gasteiger partial charge on any atom is -0.378 e. The Balaban J connectivity index is 1.41. The predicted octanol–water partition coefficient (Wildman–Crippen LogP) is 2.92. The maximum absolute atomic E-state index is 5.85. The van der Waals surface area contributed by atoms with Crippen LogP contribution >= 0.6 is 11.3 Å². The highest BCUT2D eigenvalue weighted by molar-refractivity contribution is 7.09. The van der Waals surface area contributed by atoms with E-state index in [1.165, 1.54) is 0 Å². The van der Waals surface area contributed by atoms with Crippen molar-refractivity contribution in [3.63, 3.8) is 0 Å². The molecule has 0 radical (unpaired) electrons. The van der Waals surface area contributed by atoms with Crippen molar-refractivity contribution in [2.45, 2.75) is 18.9 Å². The van der Waals surface area contributed by atoms with E-state index in [-0.39, 0.29) is 6.10 Å². The van der Waals surface area contributed by atoms with Crippen LogP contribution in [0.5, 0.6) is 0 Å². The fraction of sp³-hybridized carbons (Fsp3) is 0.524. The number of piperidine rings is 1. The number of benzene rings is 1. The Morgan fingerprint density at radius 1 is 1.17 bits per heavy atom. The fourth-order valence-corrected chi connectivity index (χ4v) is 5.34. The van der Waals surface area contributed by atoms with Gasteiger partial charge in [0.2, 0.25) is 0 Å². The number of rotatable bonds is 5. The van der Waals surface area contributed by atoms with Gasteiger partial charge in [-0.3, -0.25) is 0 Å². The number of aromatic nitrogens is 4. The van der Waals surface area contributed by atoms with Crippen molar-refractivity contribution in [1.29, 1.82) is 0 Å². The van der Waals surface area contributed by atoms with Crippen molar-refractivity contribution in [2.24, 2.45) is 5.92 Å². The molecule has 2 aliphatic rings. The van der Waals surface area contributed by atoms with Crippen LogP contribution in [0.3, 0.4) is 0 Å². The molecular formula is C21H26N6O2S. The monoisotopic (exact) mass is 426 g/mol. The normalized spacial score (nSPS) is 21.2. The summed E-state index contributed by atoms with van der Waals surface area (Å²) >= 11 is 1.66. The van der Waals surface area contributed by atoms with Gasteiger partial charge in [0.05, 0.1) is 13.2 Å². The van der Waals surface area contributed by atoms with Gasteiger partial charge in [-0.1, -0.05) is 0 Å². The molecule has 2 atom stereocenters. The van der Waals surface area contributed by atoms with Crippen LogP contribution in [-0.2, 0) is 9.47 Å². The Bertz CT molecular complexity index is 979. The number of anilines is 2. The molecule has 4 heterocycles. The molecule has 0 unspecified atom stereocenters. The summed E-state index contributed by atoms with van der Waals surface area (Å²) < 4.78 is 11.3. The summed E-state index contributed by atoms with van der Waals surface area (Å²) in [6.07, 6.45) is 4.07. The van der Waals surface area contributed by atoms with Crippen molar-refractivity contribution in [2.75, 3.05) is 56.3 Å². The molecule has 3 aromatic rings. The Hall–Kier alpha value is -2.36. The molecule has 1 aromatic carbocycles. The molecule has 9 heteroatoms. The summed E-state index contributed by atoms with van der Waals surface area (Å²) in [5.74, 6) is 1.28. The van der Waals surface area contributed by atoms with E-state index < -0.39 is 0 Å². The minimum atomic E-state index is 0.0155. The van der Waals surface area contributed by atoms with E-state index in [0.717, 1.165) is 79.7 Å². The molecule has 0 amide bonds. The van der Waals surface area contributed by atoms with Crippen LogP contribution in [0.1, 0.15) is 24.0 Å². The lowest BCUT2D eigenvalue weighted by Crippen LogP contribution is -2.39. The topological polar surface area (TPSA) is 76.5 Å². The molecule has 2 aromatic heterocycles. The van der Waals surface area contributed by atoms with Crippen LogP contribution in [0.25, 0.3) is 10.9 Å². The molecule has 2 aliphatic heterocycles. The van der Waals surface area contributed by atoms with E-state index in [2.05, 4.69) is 48.4 Å². The molecule has 5 rings (SSSR count). The van der Waals surface area contributed by atoms with Gasteiger partial charge >= 0.3 is 0 Å². The van der Waals surface area contributed by atoms with Crippen LogP contribution in [-0.4, -0.2) is 66.9 Å². The highest BCUT2D eigenvalue weighted by atomic mass is 32.1. The zero-order chi connectivity index (χ0) is 20.3. The first kappa shape index (κ1) is 19.6. The molecule has 2 saturated heterocycles. The van der Waals surface area contributed by atoms with Crippen LogP contribution in [0.2, 0.25) is 0 Å². The fourth-order valence-electron chi connectivity index (χ4n) is 4.53. The SMILES string of the molecule is CO[C@@H](c1nccs1)[C@H]1CCCN(c2nnnc3cc(N4CCOCC4)ccc23)C1. The molecule has 8 nitrogen and oxygen atoms in total. The maximum Gasteiger partial charge on any atom is 0.162 e. The lowest BCUT2D eigenvalue weighted by molar-refractivity contribution is 0.0446. The van der Waals surface area contributed by atoms with Crippen molar-refractivity contribution in [3.05, 3.63) is 34.8 Å². The summed E-state index contributed by atoms with van der Waals surface area (Å²) in [6.45, 7) is 5.17. The number of methoxy groups -OCH3 is 1.